The van der Waals surface area contributed by atoms with Crippen LogP contribution in [0, 0.1) is 0 Å². The second-order valence-electron chi connectivity index (χ2n) is 7.64. The van der Waals surface area contributed by atoms with Crippen LogP contribution in [0.4, 0.5) is 0 Å². The van der Waals surface area contributed by atoms with Gasteiger partial charge in [-0.2, -0.15) is 0 Å². The molecule has 0 saturated heterocycles. The van der Waals surface area contributed by atoms with Crippen LogP contribution in [0.3, 0.4) is 0 Å². The lowest BCUT2D eigenvalue weighted by atomic mass is 10.0. The molecule has 0 saturated carbocycles. The Hall–Kier alpha value is -3.56. The number of rotatable bonds is 2. The number of fused-ring (bicyclic) bond motifs is 4. The molecule has 0 unspecified atom stereocenters. The molecule has 0 atom stereocenters. The van der Waals surface area contributed by atoms with Crippen LogP contribution in [0.25, 0.3) is 55.0 Å². The molecule has 31 heavy (non-hydrogen) atoms. The van der Waals surface area contributed by atoms with E-state index in [1.54, 1.807) is 0 Å². The van der Waals surface area contributed by atoms with Gasteiger partial charge in [-0.1, -0.05) is 94.8 Å². The van der Waals surface area contributed by atoms with E-state index in [0.717, 1.165) is 43.1 Å². The third kappa shape index (κ3) is 3.09. The van der Waals surface area contributed by atoms with Gasteiger partial charge in [0.2, 0.25) is 0 Å². The molecule has 0 aliphatic heterocycles. The first-order valence-corrected chi connectivity index (χ1v) is 11.0. The molecule has 0 aliphatic rings. The Kier molecular flexibility index (Phi) is 4.29. The summed E-state index contributed by atoms with van der Waals surface area (Å²) in [4.78, 5) is 9.90. The van der Waals surface area contributed by atoms with Gasteiger partial charge in [-0.15, -0.1) is 0 Å². The lowest BCUT2D eigenvalue weighted by molar-refractivity contribution is 1.37. The highest BCUT2D eigenvalue weighted by Crippen LogP contribution is 2.34. The van der Waals surface area contributed by atoms with Crippen molar-refractivity contribution in [3.8, 4) is 22.4 Å². The first-order chi connectivity index (χ1) is 15.3. The zero-order valence-corrected chi connectivity index (χ0v) is 18.2. The molecule has 0 bridgehead atoms. The highest BCUT2D eigenvalue weighted by Gasteiger charge is 2.11. The predicted molar refractivity (Wildman–Crippen MR) is 133 cm³/mol. The Morgan fingerprint density at radius 1 is 0.581 bits per heavy atom. The van der Waals surface area contributed by atoms with E-state index in [-0.39, 0.29) is 0 Å². The number of nitrogens with zero attached hydrogens (tertiary/aromatic N) is 2. The van der Waals surface area contributed by atoms with Crippen molar-refractivity contribution in [1.82, 2.24) is 9.97 Å². The molecule has 2 nitrogen and oxygen atoms in total. The van der Waals surface area contributed by atoms with Crippen molar-refractivity contribution in [1.29, 1.82) is 0 Å². The number of benzene rings is 4. The smallest absolute Gasteiger partial charge is 0.0972 e. The van der Waals surface area contributed by atoms with E-state index < -0.39 is 0 Å². The van der Waals surface area contributed by atoms with Crippen LogP contribution >= 0.6 is 15.9 Å². The maximum Gasteiger partial charge on any atom is 0.0972 e. The molecule has 0 N–H and O–H groups in total. The molecule has 6 rings (SSSR count). The number of halogens is 1. The molecule has 3 heteroatoms. The van der Waals surface area contributed by atoms with Gasteiger partial charge >= 0.3 is 0 Å². The van der Waals surface area contributed by atoms with Crippen LogP contribution in [0.1, 0.15) is 0 Å². The van der Waals surface area contributed by atoms with Crippen LogP contribution < -0.4 is 0 Å². The first-order valence-electron chi connectivity index (χ1n) is 10.2. The summed E-state index contributed by atoms with van der Waals surface area (Å²) in [7, 11) is 0. The molecular formula is C28H17BrN2. The summed E-state index contributed by atoms with van der Waals surface area (Å²) in [5, 5.41) is 4.56. The van der Waals surface area contributed by atoms with E-state index in [0.29, 0.717) is 0 Å². The van der Waals surface area contributed by atoms with Gasteiger partial charge in [0.25, 0.3) is 0 Å². The van der Waals surface area contributed by atoms with Crippen molar-refractivity contribution in [2.45, 2.75) is 0 Å². The number of hydrogen-bond donors (Lipinski definition) is 0. The van der Waals surface area contributed by atoms with E-state index in [1.165, 1.54) is 16.3 Å². The van der Waals surface area contributed by atoms with Crippen molar-refractivity contribution in [2.75, 3.05) is 0 Å². The summed E-state index contributed by atoms with van der Waals surface area (Å²) >= 11 is 3.67. The van der Waals surface area contributed by atoms with Gasteiger partial charge < -0.3 is 0 Å². The lowest BCUT2D eigenvalue weighted by Gasteiger charge is -2.10. The lowest BCUT2D eigenvalue weighted by Crippen LogP contribution is -1.91. The van der Waals surface area contributed by atoms with Crippen LogP contribution in [0.15, 0.2) is 108 Å². The van der Waals surface area contributed by atoms with Crippen LogP contribution in [-0.4, -0.2) is 9.97 Å². The predicted octanol–water partition coefficient (Wildman–Crippen LogP) is 8.03. The van der Waals surface area contributed by atoms with Gasteiger partial charge in [0.05, 0.1) is 16.7 Å². The van der Waals surface area contributed by atoms with Gasteiger partial charge in [0, 0.05) is 32.6 Å². The molecule has 2 heterocycles. The zero-order valence-electron chi connectivity index (χ0n) is 16.6. The van der Waals surface area contributed by atoms with Gasteiger partial charge in [-0.25, -0.2) is 4.98 Å². The van der Waals surface area contributed by atoms with Crippen LogP contribution in [0.2, 0.25) is 0 Å². The Balaban J connectivity index is 1.57. The summed E-state index contributed by atoms with van der Waals surface area (Å²) in [6.07, 6.45) is 1.94. The number of aromatic nitrogens is 2. The molecule has 0 radical (unpaired) electrons. The fourth-order valence-electron chi connectivity index (χ4n) is 4.20. The SMILES string of the molecule is Brc1ccc(-c2ccc3ccc4cc(-c5ccccc5)cnc4c3n2)c2ccccc12. The van der Waals surface area contributed by atoms with Crippen LogP contribution in [-0.2, 0) is 0 Å². The number of pyridine rings is 2. The topological polar surface area (TPSA) is 25.8 Å². The largest absolute Gasteiger partial charge is 0.253 e. The fourth-order valence-corrected chi connectivity index (χ4v) is 4.68. The molecule has 146 valence electrons. The summed E-state index contributed by atoms with van der Waals surface area (Å²) < 4.78 is 1.09. The molecule has 0 aliphatic carbocycles. The molecule has 6 aromatic rings. The second kappa shape index (κ2) is 7.29. The molecular weight excluding hydrogens is 444 g/mol. The molecule has 0 spiro atoms. The average Bonchev–Trinajstić information content (AvgIpc) is 2.84. The maximum absolute atomic E-state index is 5.08. The monoisotopic (exact) mass is 460 g/mol. The Morgan fingerprint density at radius 2 is 1.32 bits per heavy atom. The van der Waals surface area contributed by atoms with Gasteiger partial charge in [0.1, 0.15) is 0 Å². The van der Waals surface area contributed by atoms with E-state index in [4.69, 9.17) is 9.97 Å². The minimum Gasteiger partial charge on any atom is -0.253 e. The highest BCUT2D eigenvalue weighted by molar-refractivity contribution is 9.10. The fraction of sp³-hybridized carbons (Fsp3) is 0. The molecule has 0 fully saturated rings. The molecule has 2 aromatic heterocycles. The third-order valence-electron chi connectivity index (χ3n) is 5.76. The average molecular weight is 461 g/mol. The van der Waals surface area contributed by atoms with E-state index in [9.17, 15) is 0 Å². The second-order valence-corrected chi connectivity index (χ2v) is 8.49. The number of hydrogen-bond acceptors (Lipinski definition) is 2. The van der Waals surface area contributed by atoms with Gasteiger partial charge in [-0.3, -0.25) is 4.98 Å². The minimum atomic E-state index is 0.931. The van der Waals surface area contributed by atoms with Crippen molar-refractivity contribution >= 4 is 48.5 Å². The van der Waals surface area contributed by atoms with E-state index >= 15 is 0 Å². The quantitative estimate of drug-likeness (QED) is 0.244. The maximum atomic E-state index is 5.08. The third-order valence-corrected chi connectivity index (χ3v) is 6.46. The van der Waals surface area contributed by atoms with Crippen molar-refractivity contribution in [2.24, 2.45) is 0 Å². The minimum absolute atomic E-state index is 0.931. The van der Waals surface area contributed by atoms with E-state index in [1.807, 2.05) is 12.3 Å². The van der Waals surface area contributed by atoms with Crippen molar-refractivity contribution in [3.63, 3.8) is 0 Å². The van der Waals surface area contributed by atoms with Crippen molar-refractivity contribution in [3.05, 3.63) is 108 Å². The summed E-state index contributed by atoms with van der Waals surface area (Å²) in [5.41, 5.74) is 6.22. The first kappa shape index (κ1) is 18.2. The Bertz CT molecular complexity index is 1590. The van der Waals surface area contributed by atoms with Gasteiger partial charge in [0.15, 0.2) is 0 Å². The summed E-state index contributed by atoms with van der Waals surface area (Å²) in [6, 6.07) is 33.7. The normalized spacial score (nSPS) is 11.4. The molecule has 4 aromatic carbocycles. The summed E-state index contributed by atoms with van der Waals surface area (Å²) in [5.74, 6) is 0. The van der Waals surface area contributed by atoms with E-state index in [2.05, 4.69) is 107 Å². The highest BCUT2D eigenvalue weighted by atomic mass is 79.9. The Labute approximate surface area is 188 Å². The Morgan fingerprint density at radius 3 is 2.19 bits per heavy atom. The zero-order chi connectivity index (χ0) is 20.8. The molecule has 0 amide bonds. The van der Waals surface area contributed by atoms with Crippen LogP contribution in [0.5, 0.6) is 0 Å². The van der Waals surface area contributed by atoms with Gasteiger partial charge in [-0.05, 0) is 34.5 Å². The summed E-state index contributed by atoms with van der Waals surface area (Å²) in [6.45, 7) is 0. The standard InChI is InChI=1S/C28H17BrN2/c29-25-14-13-24(22-8-4-5-9-23(22)25)26-15-12-19-10-11-20-16-21(18-6-2-1-3-7-18)17-30-27(20)28(19)31-26/h1-17H. The van der Waals surface area contributed by atoms with Crippen molar-refractivity contribution < 1.29 is 0 Å².